The largest absolute Gasteiger partial charge is 0.445 e. The van der Waals surface area contributed by atoms with E-state index in [0.717, 1.165) is 27.3 Å². The molecule has 70 heavy (non-hydrogen) atoms. The van der Waals surface area contributed by atoms with Gasteiger partial charge in [-0.1, -0.05) is 41.1 Å². The molecule has 10 amide bonds. The van der Waals surface area contributed by atoms with Crippen molar-refractivity contribution in [2.24, 2.45) is 0 Å². The van der Waals surface area contributed by atoms with E-state index < -0.39 is 77.2 Å². The molecule has 0 bridgehead atoms. The van der Waals surface area contributed by atoms with Gasteiger partial charge in [-0.3, -0.25) is 48.6 Å². The summed E-state index contributed by atoms with van der Waals surface area (Å²) in [4.78, 5) is 126. The summed E-state index contributed by atoms with van der Waals surface area (Å²) < 4.78 is 12.1. The van der Waals surface area contributed by atoms with E-state index in [9.17, 15) is 47.9 Å². The van der Waals surface area contributed by atoms with Gasteiger partial charge in [-0.05, 0) is 79.8 Å². The lowest BCUT2D eigenvalue weighted by atomic mass is 10.1. The van der Waals surface area contributed by atoms with Crippen LogP contribution >= 0.6 is 11.6 Å². The van der Waals surface area contributed by atoms with Crippen LogP contribution in [0.2, 0.25) is 5.02 Å². The third-order valence-corrected chi connectivity index (χ3v) is 11.3. The van der Waals surface area contributed by atoms with Crippen molar-refractivity contribution in [2.45, 2.75) is 70.8 Å². The smallest absolute Gasteiger partial charge is 0.409 e. The van der Waals surface area contributed by atoms with Gasteiger partial charge >= 0.3 is 12.1 Å². The number of rotatable bonds is 20. The van der Waals surface area contributed by atoms with E-state index in [4.69, 9.17) is 21.1 Å². The van der Waals surface area contributed by atoms with Crippen molar-refractivity contribution in [2.75, 3.05) is 44.0 Å². The number of imide groups is 2. The maximum atomic E-state index is 13.2. The third kappa shape index (κ3) is 14.0. The maximum Gasteiger partial charge on any atom is 0.409 e. The van der Waals surface area contributed by atoms with Crippen LogP contribution in [0.3, 0.4) is 0 Å². The molecule has 1 aromatic heterocycles. The molecule has 6 rings (SSSR count). The van der Waals surface area contributed by atoms with Crippen LogP contribution in [-0.4, -0.2) is 124 Å². The summed E-state index contributed by atoms with van der Waals surface area (Å²) >= 11 is 6.50. The number of hydrogen-bond acceptors (Lipinski definition) is 14. The summed E-state index contributed by atoms with van der Waals surface area (Å²) in [6.07, 6.45) is 2.10. The van der Waals surface area contributed by atoms with Crippen LogP contribution in [0, 0.1) is 0 Å². The van der Waals surface area contributed by atoms with Crippen molar-refractivity contribution in [1.29, 1.82) is 0 Å². The lowest BCUT2D eigenvalue weighted by Gasteiger charge is -2.21. The summed E-state index contributed by atoms with van der Waals surface area (Å²) in [5.41, 5.74) is 2.63. The van der Waals surface area contributed by atoms with Crippen LogP contribution in [0.1, 0.15) is 55.8 Å². The number of hydrogen-bond donors (Lipinski definition) is 6. The van der Waals surface area contributed by atoms with Crippen LogP contribution in [-0.2, 0) is 62.6 Å². The van der Waals surface area contributed by atoms with E-state index in [1.807, 2.05) is 0 Å². The number of likely N-dealkylation sites (N-methyl/N-ethyl adjacent to an activating group) is 1. The number of benzene rings is 3. The highest BCUT2D eigenvalue weighted by Crippen LogP contribution is 2.22. The number of urea groups is 1. The first-order valence-corrected chi connectivity index (χ1v) is 22.4. The zero-order valence-electron chi connectivity index (χ0n) is 38.2. The molecule has 0 aliphatic carbocycles. The Hall–Kier alpha value is -8.05. The number of fused-ring (bicyclic) bond motifs is 1. The molecule has 0 saturated carbocycles. The van der Waals surface area contributed by atoms with Gasteiger partial charge in [0.15, 0.2) is 0 Å². The minimum atomic E-state index is -0.996. The molecule has 1 unspecified atom stereocenters. The molecule has 0 radical (unpaired) electrons. The summed E-state index contributed by atoms with van der Waals surface area (Å²) in [5, 5.41) is 23.9. The molecule has 0 spiro atoms. The van der Waals surface area contributed by atoms with Crippen molar-refractivity contribution in [3.63, 3.8) is 0 Å². The molecule has 6 N–H and O–H groups in total. The van der Waals surface area contributed by atoms with Crippen LogP contribution in [0.5, 0.6) is 0 Å². The predicted octanol–water partition coefficient (Wildman–Crippen LogP) is 1.84. The lowest BCUT2D eigenvalue weighted by Crippen LogP contribution is -2.50. The first-order chi connectivity index (χ1) is 33.4. The molecule has 2 aliphatic rings. The van der Waals surface area contributed by atoms with E-state index in [1.54, 1.807) is 67.7 Å². The fraction of sp³-hybridized carbons (Fsp3) is 0.348. The van der Waals surface area contributed by atoms with Crippen molar-refractivity contribution in [3.05, 3.63) is 105 Å². The Balaban J connectivity index is 0.837. The molecule has 3 aromatic carbocycles. The number of carbonyl (C=O) groups is 9. The summed E-state index contributed by atoms with van der Waals surface area (Å²) in [5.74, 6) is -3.76. The molecule has 3 atom stereocenters. The lowest BCUT2D eigenvalue weighted by molar-refractivity contribution is -0.138. The molecular formula is C46H50ClN11O12. The minimum absolute atomic E-state index is 0.0413. The van der Waals surface area contributed by atoms with Crippen LogP contribution in [0.4, 0.5) is 21.0 Å². The van der Waals surface area contributed by atoms with Crippen LogP contribution < -0.4 is 37.5 Å². The Morgan fingerprint density at radius 2 is 1.56 bits per heavy atom. The van der Waals surface area contributed by atoms with Crippen molar-refractivity contribution >= 4 is 87.4 Å². The zero-order valence-corrected chi connectivity index (χ0v) is 39.0. The maximum absolute atomic E-state index is 13.2. The van der Waals surface area contributed by atoms with E-state index in [-0.39, 0.29) is 57.5 Å². The molecular weight excluding hydrogens is 934 g/mol. The van der Waals surface area contributed by atoms with Crippen LogP contribution in [0.25, 0.3) is 10.9 Å². The first-order valence-electron chi connectivity index (χ1n) is 22.0. The van der Waals surface area contributed by atoms with Crippen molar-refractivity contribution in [3.8, 4) is 0 Å². The monoisotopic (exact) mass is 983 g/mol. The van der Waals surface area contributed by atoms with Gasteiger partial charge in [0.05, 0.1) is 18.6 Å². The highest BCUT2D eigenvalue weighted by atomic mass is 35.5. The Labute approximate surface area is 404 Å². The Kier molecular flexibility index (Phi) is 17.5. The second-order valence-corrected chi connectivity index (χ2v) is 16.6. The Morgan fingerprint density at radius 3 is 2.27 bits per heavy atom. The van der Waals surface area contributed by atoms with Gasteiger partial charge in [-0.15, -0.1) is 5.10 Å². The fourth-order valence-corrected chi connectivity index (χ4v) is 7.21. The fourth-order valence-electron chi connectivity index (χ4n) is 6.93. The highest BCUT2D eigenvalue weighted by molar-refractivity contribution is 6.31. The molecule has 3 heterocycles. The van der Waals surface area contributed by atoms with Crippen LogP contribution in [0.15, 0.2) is 77.6 Å². The number of halogens is 1. The summed E-state index contributed by atoms with van der Waals surface area (Å²) in [6, 6.07) is 13.0. The molecule has 2 aliphatic heterocycles. The Bertz CT molecular complexity index is 2770. The second-order valence-electron chi connectivity index (χ2n) is 16.2. The number of amides is 10. The van der Waals surface area contributed by atoms with Crippen molar-refractivity contribution < 1.29 is 52.6 Å². The van der Waals surface area contributed by atoms with Gasteiger partial charge in [0.1, 0.15) is 30.2 Å². The van der Waals surface area contributed by atoms with E-state index in [2.05, 4.69) is 42.2 Å². The van der Waals surface area contributed by atoms with E-state index in [0.29, 0.717) is 46.1 Å². The molecule has 1 saturated heterocycles. The minimum Gasteiger partial charge on any atom is -0.445 e. The number of nitrogens with one attached hydrogen (secondary N) is 6. The number of anilines is 2. The SMILES string of the molecule is C[C@H](NC(=O)CCN1C(=O)C=CC1=O)C(=O)N[C@@H](C)C(=O)Nc1ccc(COC(=O)N(C)CCOCCc2ccc(NC(=O)NCc3ccc4nnn(C5CCC(=O)NC5=O)c(=O)c4c3)cc2Cl)cc1. The number of carbonyl (C=O) groups excluding carboxylic acids is 9. The number of ether oxygens (including phenoxy) is 2. The molecule has 368 valence electrons. The first kappa shape index (κ1) is 51.3. The number of nitrogens with zero attached hydrogens (tertiary/aromatic N) is 5. The predicted molar refractivity (Wildman–Crippen MR) is 251 cm³/mol. The summed E-state index contributed by atoms with van der Waals surface area (Å²) in [7, 11) is 1.57. The highest BCUT2D eigenvalue weighted by Gasteiger charge is 2.31. The summed E-state index contributed by atoms with van der Waals surface area (Å²) in [6.45, 7) is 3.55. The van der Waals surface area contributed by atoms with Gasteiger partial charge in [0.2, 0.25) is 23.6 Å². The third-order valence-electron chi connectivity index (χ3n) is 11.0. The van der Waals surface area contributed by atoms with Gasteiger partial charge in [-0.2, -0.15) is 4.68 Å². The zero-order chi connectivity index (χ0) is 50.5. The van der Waals surface area contributed by atoms with Gasteiger partial charge in [0.25, 0.3) is 23.3 Å². The molecule has 24 heteroatoms. The quantitative estimate of drug-likeness (QED) is 0.0544. The topological polar surface area (TPSA) is 299 Å². The standard InChI is InChI=1S/C46H50ClN11O12/c1-26(49-38(60)16-18-57-39(61)14-15-40(57)62)41(63)50-27(2)42(64)51-31-8-4-28(5-9-31)25-70-46(68)56(3)19-21-69-20-17-30-7-10-32(23-34(30)47)52-45(67)48-24-29-6-11-35-33(22-29)44(66)58(55-54-35)36-12-13-37(59)53-43(36)65/h4-11,14-15,22-23,26-27,36H,12-13,16-21,24-25H2,1-3H3,(H,49,60)(H,50,63)(H,51,64)(H2,48,52,67)(H,53,59,65)/t26-,27-,36?/m0/s1. The van der Waals surface area contributed by atoms with Gasteiger partial charge in [0, 0.05) is 68.1 Å². The molecule has 23 nitrogen and oxygen atoms in total. The normalized spacial score (nSPS) is 15.2. The number of piperidine rings is 1. The van der Waals surface area contributed by atoms with E-state index in [1.165, 1.54) is 18.7 Å². The molecule has 1 fully saturated rings. The second kappa shape index (κ2) is 23.8. The van der Waals surface area contributed by atoms with Gasteiger partial charge in [-0.25, -0.2) is 9.59 Å². The Morgan fingerprint density at radius 1 is 0.857 bits per heavy atom. The van der Waals surface area contributed by atoms with Crippen molar-refractivity contribution in [1.82, 2.24) is 46.1 Å². The van der Waals surface area contributed by atoms with E-state index >= 15 is 0 Å². The van der Waals surface area contributed by atoms with Gasteiger partial charge < -0.3 is 41.0 Å². The molecule has 4 aromatic rings. The average molecular weight is 984 g/mol. The number of aromatic nitrogens is 3. The average Bonchev–Trinajstić information content (AvgIpc) is 3.65.